The van der Waals surface area contributed by atoms with E-state index in [9.17, 15) is 8.42 Å². The van der Waals surface area contributed by atoms with Crippen molar-refractivity contribution >= 4 is 21.4 Å². The van der Waals surface area contributed by atoms with Crippen LogP contribution in [0.1, 0.15) is 18.7 Å². The van der Waals surface area contributed by atoms with E-state index in [4.69, 9.17) is 5.73 Å². The van der Waals surface area contributed by atoms with Gasteiger partial charge in [0.2, 0.25) is 10.0 Å². The van der Waals surface area contributed by atoms with Crippen LogP contribution in [0.25, 0.3) is 0 Å². The van der Waals surface area contributed by atoms with Crippen LogP contribution in [0.2, 0.25) is 0 Å². The Hall–Kier alpha value is -0.470. The van der Waals surface area contributed by atoms with E-state index in [0.717, 1.165) is 6.54 Å². The zero-order valence-electron chi connectivity index (χ0n) is 11.9. The molecule has 0 aliphatic heterocycles. The zero-order valence-corrected chi connectivity index (χ0v) is 13.6. The first-order valence-electron chi connectivity index (χ1n) is 6.09. The number of hydrogen-bond acceptors (Lipinski definition) is 5. The van der Waals surface area contributed by atoms with Gasteiger partial charge < -0.3 is 10.6 Å². The molecule has 0 aromatic carbocycles. The van der Waals surface area contributed by atoms with Gasteiger partial charge in [0.25, 0.3) is 0 Å². The third-order valence-electron chi connectivity index (χ3n) is 2.66. The number of rotatable bonds is 7. The van der Waals surface area contributed by atoms with E-state index < -0.39 is 10.0 Å². The highest BCUT2D eigenvalue weighted by Gasteiger charge is 2.24. The van der Waals surface area contributed by atoms with Gasteiger partial charge in [-0.05, 0) is 31.0 Å². The molecule has 1 heterocycles. The molecule has 0 aliphatic carbocycles. The van der Waals surface area contributed by atoms with Gasteiger partial charge in [-0.15, -0.1) is 11.3 Å². The summed E-state index contributed by atoms with van der Waals surface area (Å²) in [4.78, 5) is 3.04. The fourth-order valence-electron chi connectivity index (χ4n) is 2.00. The molecule has 0 amide bonds. The summed E-state index contributed by atoms with van der Waals surface area (Å²) in [7, 11) is 0.481. The standard InChI is InChI=1S/C12H23N3O2S2/c1-12(2,9-15(3)4)8-14-19(16,17)11-5-6-18-10(11)7-13/h5-6,14H,7-9,13H2,1-4H3. The molecule has 1 aromatic rings. The van der Waals surface area contributed by atoms with Crippen molar-refractivity contribution in [1.82, 2.24) is 9.62 Å². The first-order chi connectivity index (χ1) is 8.68. The van der Waals surface area contributed by atoms with Crippen LogP contribution in [0.15, 0.2) is 16.3 Å². The van der Waals surface area contributed by atoms with Crippen molar-refractivity contribution in [3.05, 3.63) is 16.3 Å². The van der Waals surface area contributed by atoms with Gasteiger partial charge in [-0.1, -0.05) is 13.8 Å². The van der Waals surface area contributed by atoms with Crippen molar-refractivity contribution in [3.63, 3.8) is 0 Å². The van der Waals surface area contributed by atoms with Gasteiger partial charge in [-0.3, -0.25) is 0 Å². The summed E-state index contributed by atoms with van der Waals surface area (Å²) in [6.45, 7) is 5.52. The average Bonchev–Trinajstić information content (AvgIpc) is 2.74. The molecule has 0 saturated carbocycles. The van der Waals surface area contributed by atoms with E-state index in [1.165, 1.54) is 11.3 Å². The molecule has 0 fully saturated rings. The van der Waals surface area contributed by atoms with Crippen molar-refractivity contribution in [1.29, 1.82) is 0 Å². The molecule has 0 unspecified atom stereocenters. The lowest BCUT2D eigenvalue weighted by atomic mass is 9.93. The predicted octanol–water partition coefficient (Wildman–Crippen LogP) is 1.07. The normalized spacial score (nSPS) is 13.2. The minimum absolute atomic E-state index is 0.129. The maximum atomic E-state index is 12.2. The maximum Gasteiger partial charge on any atom is 0.241 e. The predicted molar refractivity (Wildman–Crippen MR) is 79.7 cm³/mol. The monoisotopic (exact) mass is 305 g/mol. The second kappa shape index (κ2) is 6.32. The number of nitrogens with zero attached hydrogens (tertiary/aromatic N) is 1. The van der Waals surface area contributed by atoms with Gasteiger partial charge in [-0.2, -0.15) is 0 Å². The lowest BCUT2D eigenvalue weighted by Gasteiger charge is -2.28. The minimum atomic E-state index is -3.47. The molecule has 19 heavy (non-hydrogen) atoms. The fraction of sp³-hybridized carbons (Fsp3) is 0.667. The molecule has 5 nitrogen and oxygen atoms in total. The molecule has 0 atom stereocenters. The van der Waals surface area contributed by atoms with E-state index in [0.29, 0.717) is 16.3 Å². The van der Waals surface area contributed by atoms with Crippen LogP contribution in [0, 0.1) is 5.41 Å². The molecular weight excluding hydrogens is 282 g/mol. The quantitative estimate of drug-likeness (QED) is 0.790. The Bertz CT molecular complexity index is 507. The van der Waals surface area contributed by atoms with E-state index in [1.807, 2.05) is 32.8 Å². The molecule has 1 aromatic heterocycles. The number of nitrogens with two attached hydrogens (primary N) is 1. The number of hydrogen-bond donors (Lipinski definition) is 2. The van der Waals surface area contributed by atoms with Gasteiger partial charge in [0.1, 0.15) is 0 Å². The Balaban J connectivity index is 2.76. The Morgan fingerprint density at radius 2 is 2.05 bits per heavy atom. The highest BCUT2D eigenvalue weighted by atomic mass is 32.2. The smallest absolute Gasteiger partial charge is 0.241 e. The fourth-order valence-corrected chi connectivity index (χ4v) is 4.57. The molecule has 0 saturated heterocycles. The molecule has 3 N–H and O–H groups in total. The van der Waals surface area contributed by atoms with Gasteiger partial charge >= 0.3 is 0 Å². The van der Waals surface area contributed by atoms with Crippen LogP contribution in [0.4, 0.5) is 0 Å². The van der Waals surface area contributed by atoms with Gasteiger partial charge in [0, 0.05) is 24.5 Å². The molecule has 0 bridgehead atoms. The van der Waals surface area contributed by atoms with Crippen molar-refractivity contribution in [2.45, 2.75) is 25.3 Å². The molecule has 0 spiro atoms. The lowest BCUT2D eigenvalue weighted by molar-refractivity contribution is 0.242. The van der Waals surface area contributed by atoms with Crippen molar-refractivity contribution < 1.29 is 8.42 Å². The Morgan fingerprint density at radius 1 is 1.42 bits per heavy atom. The number of thiophene rings is 1. The number of sulfonamides is 1. The average molecular weight is 305 g/mol. The van der Waals surface area contributed by atoms with E-state index in [2.05, 4.69) is 4.72 Å². The lowest BCUT2D eigenvalue weighted by Crippen LogP contribution is -2.40. The number of nitrogens with one attached hydrogen (secondary N) is 1. The summed E-state index contributed by atoms with van der Waals surface area (Å²) in [5.41, 5.74) is 5.42. The summed E-state index contributed by atoms with van der Waals surface area (Å²) < 4.78 is 27.1. The van der Waals surface area contributed by atoms with Gasteiger partial charge in [0.05, 0.1) is 4.90 Å². The van der Waals surface area contributed by atoms with Crippen LogP contribution < -0.4 is 10.5 Å². The minimum Gasteiger partial charge on any atom is -0.326 e. The van der Waals surface area contributed by atoms with Crippen LogP contribution in [0.3, 0.4) is 0 Å². The Morgan fingerprint density at radius 3 is 2.58 bits per heavy atom. The van der Waals surface area contributed by atoms with Crippen LogP contribution >= 0.6 is 11.3 Å². The van der Waals surface area contributed by atoms with Crippen LogP contribution in [0.5, 0.6) is 0 Å². The SMILES string of the molecule is CN(C)CC(C)(C)CNS(=O)(=O)c1ccsc1CN. The molecular formula is C12H23N3O2S2. The highest BCUT2D eigenvalue weighted by molar-refractivity contribution is 7.89. The largest absolute Gasteiger partial charge is 0.326 e. The second-order valence-electron chi connectivity index (χ2n) is 5.64. The van der Waals surface area contributed by atoms with Gasteiger partial charge in [-0.25, -0.2) is 13.1 Å². The summed E-state index contributed by atoms with van der Waals surface area (Å²) in [5.74, 6) is 0. The van der Waals surface area contributed by atoms with E-state index in [-0.39, 0.29) is 12.0 Å². The second-order valence-corrected chi connectivity index (χ2v) is 8.37. The maximum absolute atomic E-state index is 12.2. The van der Waals surface area contributed by atoms with Crippen molar-refractivity contribution in [2.75, 3.05) is 27.2 Å². The Labute approximate surface area is 119 Å². The zero-order chi connectivity index (χ0) is 14.7. The first kappa shape index (κ1) is 16.6. The molecule has 110 valence electrons. The third kappa shape index (κ3) is 4.85. The third-order valence-corrected chi connectivity index (χ3v) is 5.22. The first-order valence-corrected chi connectivity index (χ1v) is 8.45. The van der Waals surface area contributed by atoms with Crippen molar-refractivity contribution in [3.8, 4) is 0 Å². The van der Waals surface area contributed by atoms with Gasteiger partial charge in [0.15, 0.2) is 0 Å². The summed E-state index contributed by atoms with van der Waals surface area (Å²) >= 11 is 1.37. The molecule has 7 heteroatoms. The van der Waals surface area contributed by atoms with Crippen molar-refractivity contribution in [2.24, 2.45) is 11.1 Å². The molecule has 0 radical (unpaired) electrons. The Kier molecular flexibility index (Phi) is 5.52. The summed E-state index contributed by atoms with van der Waals surface area (Å²) in [5, 5.41) is 1.75. The van der Waals surface area contributed by atoms with E-state index >= 15 is 0 Å². The van der Waals surface area contributed by atoms with Crippen LogP contribution in [-0.2, 0) is 16.6 Å². The molecule has 0 aliphatic rings. The summed E-state index contributed by atoms with van der Waals surface area (Å²) in [6.07, 6.45) is 0. The highest BCUT2D eigenvalue weighted by Crippen LogP contribution is 2.22. The van der Waals surface area contributed by atoms with E-state index in [1.54, 1.807) is 11.4 Å². The topological polar surface area (TPSA) is 75.4 Å². The van der Waals surface area contributed by atoms with Crippen LogP contribution in [-0.4, -0.2) is 40.5 Å². The molecule has 1 rings (SSSR count). The summed E-state index contributed by atoms with van der Waals surface area (Å²) in [6, 6.07) is 1.61.